The van der Waals surface area contributed by atoms with Crippen LogP contribution in [0.5, 0.6) is 0 Å². The fraction of sp³-hybridized carbons (Fsp3) is 0.143. The predicted molar refractivity (Wildman–Crippen MR) is 83.6 cm³/mol. The van der Waals surface area contributed by atoms with Gasteiger partial charge in [-0.25, -0.2) is 4.98 Å². The number of amides is 1. The van der Waals surface area contributed by atoms with Crippen molar-refractivity contribution in [3.8, 4) is 0 Å². The summed E-state index contributed by atoms with van der Waals surface area (Å²) in [4.78, 5) is 16.1. The van der Waals surface area contributed by atoms with Gasteiger partial charge in [0.25, 0.3) is 5.91 Å². The molecule has 0 saturated heterocycles. The topological polar surface area (TPSA) is 80.0 Å². The van der Waals surface area contributed by atoms with Gasteiger partial charge in [-0.1, -0.05) is 15.9 Å². The number of hydrogen-bond acceptors (Lipinski definition) is 4. The molecule has 2 aromatic rings. The Morgan fingerprint density at radius 2 is 1.85 bits per heavy atom. The van der Waals surface area contributed by atoms with Gasteiger partial charge in [-0.2, -0.15) is 0 Å². The first-order valence-electron chi connectivity index (χ1n) is 6.02. The summed E-state index contributed by atoms with van der Waals surface area (Å²) >= 11 is 3.50. The number of nitrogens with one attached hydrogen (secondary N) is 2. The van der Waals surface area contributed by atoms with Gasteiger partial charge in [0.1, 0.15) is 5.69 Å². The summed E-state index contributed by atoms with van der Waals surface area (Å²) < 4.78 is 1.05. The number of nitrogen functional groups attached to an aromatic ring is 1. The predicted octanol–water partition coefficient (Wildman–Crippen LogP) is 3.00. The van der Waals surface area contributed by atoms with Crippen LogP contribution in [0.2, 0.25) is 0 Å². The van der Waals surface area contributed by atoms with Gasteiger partial charge in [0.2, 0.25) is 0 Å². The second kappa shape index (κ2) is 6.02. The monoisotopic (exact) mass is 334 g/mol. The highest BCUT2D eigenvalue weighted by Crippen LogP contribution is 2.25. The van der Waals surface area contributed by atoms with Crippen molar-refractivity contribution in [3.63, 3.8) is 0 Å². The molecular weight excluding hydrogens is 320 g/mol. The van der Waals surface area contributed by atoms with Crippen molar-refractivity contribution >= 4 is 33.2 Å². The molecular formula is C14H15BrN4O. The van der Waals surface area contributed by atoms with Crippen LogP contribution in [0, 0.1) is 13.8 Å². The zero-order chi connectivity index (χ0) is 14.7. The molecule has 0 aliphatic carbocycles. The number of anilines is 2. The third-order valence-corrected chi connectivity index (χ3v) is 4.11. The maximum absolute atomic E-state index is 12.1. The first-order chi connectivity index (χ1) is 9.51. The molecule has 1 heterocycles. The Balaban J connectivity index is 2.18. The summed E-state index contributed by atoms with van der Waals surface area (Å²) in [5, 5.41) is 2.83. The highest BCUT2D eigenvalue weighted by molar-refractivity contribution is 9.10. The van der Waals surface area contributed by atoms with Crippen LogP contribution in [0.15, 0.2) is 34.9 Å². The molecule has 0 fully saturated rings. The van der Waals surface area contributed by atoms with Crippen molar-refractivity contribution in [1.82, 2.24) is 4.98 Å². The van der Waals surface area contributed by atoms with Gasteiger partial charge < -0.3 is 10.7 Å². The van der Waals surface area contributed by atoms with E-state index in [1.54, 1.807) is 12.1 Å². The van der Waals surface area contributed by atoms with Crippen LogP contribution in [-0.2, 0) is 0 Å². The Hall–Kier alpha value is -1.92. The van der Waals surface area contributed by atoms with Crippen LogP contribution in [0.25, 0.3) is 0 Å². The molecule has 0 aliphatic heterocycles. The number of aromatic nitrogens is 1. The molecule has 4 N–H and O–H groups in total. The lowest BCUT2D eigenvalue weighted by Gasteiger charge is -2.09. The fourth-order valence-electron chi connectivity index (χ4n) is 1.83. The number of pyridine rings is 1. The summed E-state index contributed by atoms with van der Waals surface area (Å²) in [6.45, 7) is 3.96. The van der Waals surface area contributed by atoms with E-state index < -0.39 is 0 Å². The first-order valence-corrected chi connectivity index (χ1v) is 6.81. The smallest absolute Gasteiger partial charge is 0.274 e. The molecule has 0 saturated carbocycles. The van der Waals surface area contributed by atoms with Crippen molar-refractivity contribution < 1.29 is 4.79 Å². The summed E-state index contributed by atoms with van der Waals surface area (Å²) in [5.74, 6) is 5.00. The Labute approximate surface area is 125 Å². The van der Waals surface area contributed by atoms with Gasteiger partial charge in [-0.05, 0) is 49.2 Å². The van der Waals surface area contributed by atoms with Crippen LogP contribution in [0.3, 0.4) is 0 Å². The zero-order valence-corrected chi connectivity index (χ0v) is 12.8. The molecule has 1 aromatic carbocycles. The highest BCUT2D eigenvalue weighted by Gasteiger charge is 2.09. The number of aryl methyl sites for hydroxylation is 2. The average Bonchev–Trinajstić information content (AvgIpc) is 2.44. The Kier molecular flexibility index (Phi) is 4.36. The van der Waals surface area contributed by atoms with Gasteiger partial charge >= 0.3 is 0 Å². The van der Waals surface area contributed by atoms with Crippen LogP contribution < -0.4 is 16.6 Å². The highest BCUT2D eigenvalue weighted by atomic mass is 79.9. The third kappa shape index (κ3) is 3.15. The largest absolute Gasteiger partial charge is 0.323 e. The lowest BCUT2D eigenvalue weighted by molar-refractivity contribution is 0.102. The van der Waals surface area contributed by atoms with Gasteiger partial charge in [0.15, 0.2) is 0 Å². The van der Waals surface area contributed by atoms with Crippen LogP contribution in [-0.4, -0.2) is 10.9 Å². The van der Waals surface area contributed by atoms with E-state index in [1.807, 2.05) is 26.0 Å². The number of hydrazine groups is 1. The molecule has 20 heavy (non-hydrogen) atoms. The molecule has 0 unspecified atom stereocenters. The summed E-state index contributed by atoms with van der Waals surface area (Å²) in [7, 11) is 0. The van der Waals surface area contributed by atoms with Gasteiger partial charge in [0, 0.05) is 10.2 Å². The van der Waals surface area contributed by atoms with Crippen molar-refractivity contribution in [2.45, 2.75) is 13.8 Å². The number of nitrogens with zero attached hydrogens (tertiary/aromatic N) is 1. The van der Waals surface area contributed by atoms with Crippen LogP contribution >= 0.6 is 15.9 Å². The van der Waals surface area contributed by atoms with Gasteiger partial charge in [0.05, 0.1) is 11.9 Å². The van der Waals surface area contributed by atoms with E-state index in [4.69, 9.17) is 5.84 Å². The number of benzene rings is 1. The lowest BCUT2D eigenvalue weighted by Crippen LogP contribution is -2.14. The van der Waals surface area contributed by atoms with E-state index in [0.29, 0.717) is 11.4 Å². The molecule has 1 aromatic heterocycles. The van der Waals surface area contributed by atoms with E-state index in [2.05, 4.69) is 31.7 Å². The number of carbonyl (C=O) groups excluding carboxylic acids is 1. The molecule has 104 valence electrons. The van der Waals surface area contributed by atoms with Crippen molar-refractivity contribution in [2.75, 3.05) is 10.7 Å². The number of halogens is 1. The maximum atomic E-state index is 12.1. The van der Waals surface area contributed by atoms with Crippen molar-refractivity contribution in [3.05, 3.63) is 51.8 Å². The van der Waals surface area contributed by atoms with Crippen LogP contribution in [0.4, 0.5) is 11.4 Å². The Morgan fingerprint density at radius 3 is 2.35 bits per heavy atom. The standard InChI is InChI=1S/C14H15BrN4O/c1-8-5-11(6-9(2)13(8)15)18-14(20)12-4-3-10(19-16)7-17-12/h3-7,19H,16H2,1-2H3,(H,18,20). The van der Waals surface area contributed by atoms with E-state index >= 15 is 0 Å². The second-order valence-electron chi connectivity index (χ2n) is 4.45. The second-order valence-corrected chi connectivity index (χ2v) is 5.25. The Bertz CT molecular complexity index is 617. The molecule has 0 radical (unpaired) electrons. The van der Waals surface area contributed by atoms with E-state index in [1.165, 1.54) is 6.20 Å². The molecule has 6 heteroatoms. The van der Waals surface area contributed by atoms with E-state index in [9.17, 15) is 4.79 Å². The SMILES string of the molecule is Cc1cc(NC(=O)c2ccc(NN)cn2)cc(C)c1Br. The summed E-state index contributed by atoms with van der Waals surface area (Å²) in [6.07, 6.45) is 1.51. The fourth-order valence-corrected chi connectivity index (χ4v) is 2.06. The molecule has 0 bridgehead atoms. The maximum Gasteiger partial charge on any atom is 0.274 e. The van der Waals surface area contributed by atoms with Crippen molar-refractivity contribution in [2.24, 2.45) is 5.84 Å². The normalized spacial score (nSPS) is 10.2. The Morgan fingerprint density at radius 1 is 1.20 bits per heavy atom. The van der Waals surface area contributed by atoms with Gasteiger partial charge in [-0.15, -0.1) is 0 Å². The van der Waals surface area contributed by atoms with Crippen LogP contribution in [0.1, 0.15) is 21.6 Å². The summed E-state index contributed by atoms with van der Waals surface area (Å²) in [6, 6.07) is 7.12. The average molecular weight is 335 g/mol. The number of rotatable bonds is 3. The lowest BCUT2D eigenvalue weighted by atomic mass is 10.1. The minimum atomic E-state index is -0.255. The molecule has 0 spiro atoms. The van der Waals surface area contributed by atoms with E-state index in [-0.39, 0.29) is 5.91 Å². The number of nitrogens with two attached hydrogens (primary N) is 1. The van der Waals surface area contributed by atoms with E-state index in [0.717, 1.165) is 21.3 Å². The minimum absolute atomic E-state index is 0.255. The molecule has 2 rings (SSSR count). The first kappa shape index (κ1) is 14.5. The molecule has 1 amide bonds. The number of carbonyl (C=O) groups is 1. The minimum Gasteiger partial charge on any atom is -0.323 e. The zero-order valence-electron chi connectivity index (χ0n) is 11.2. The molecule has 5 nitrogen and oxygen atoms in total. The van der Waals surface area contributed by atoms with Crippen molar-refractivity contribution in [1.29, 1.82) is 0 Å². The van der Waals surface area contributed by atoms with Gasteiger partial charge in [-0.3, -0.25) is 10.6 Å². The summed E-state index contributed by atoms with van der Waals surface area (Å²) in [5.41, 5.74) is 6.33. The quantitative estimate of drug-likeness (QED) is 0.595. The molecule has 0 atom stereocenters. The molecule has 0 aliphatic rings. The third-order valence-electron chi connectivity index (χ3n) is 2.86. The number of hydrogen-bond donors (Lipinski definition) is 3.